The van der Waals surface area contributed by atoms with E-state index in [2.05, 4.69) is 19.4 Å². The zero-order valence-electron chi connectivity index (χ0n) is 16.8. The standard InChI is InChI=1S/C19H25F4N3O4S/c20-16(21)29-10-12-9-25(1-2-26(12)18-24-7-14(31-18)15(27)28)8-11-3-19(4-11)5-13(6-19)30-17(22)23/h7,11-13,16-17H,1-6,8-10H2,(H,27,28)/t11?,12-,13?,19?/m0/s1. The Bertz CT molecular complexity index is 769. The van der Waals surface area contributed by atoms with Crippen molar-refractivity contribution in [1.82, 2.24) is 9.88 Å². The lowest BCUT2D eigenvalue weighted by molar-refractivity contribution is -0.227. The fraction of sp³-hybridized carbons (Fsp3) is 0.789. The number of aromatic nitrogens is 1. The number of carboxylic acids is 1. The van der Waals surface area contributed by atoms with Crippen molar-refractivity contribution in [3.05, 3.63) is 11.1 Å². The number of aromatic carboxylic acids is 1. The van der Waals surface area contributed by atoms with Crippen LogP contribution in [0, 0.1) is 11.3 Å². The highest BCUT2D eigenvalue weighted by molar-refractivity contribution is 7.17. The molecule has 1 aliphatic heterocycles. The minimum Gasteiger partial charge on any atom is -0.477 e. The van der Waals surface area contributed by atoms with Crippen LogP contribution in [0.2, 0.25) is 0 Å². The SMILES string of the molecule is O=C(O)c1cnc(N2CCN(CC3CC4(C3)CC(OC(F)F)C4)C[C@H]2COC(F)F)s1. The van der Waals surface area contributed by atoms with Crippen LogP contribution in [0.15, 0.2) is 6.20 Å². The summed E-state index contributed by atoms with van der Waals surface area (Å²) < 4.78 is 59.0. The van der Waals surface area contributed by atoms with Crippen LogP contribution in [0.3, 0.4) is 0 Å². The number of piperazine rings is 1. The lowest BCUT2D eigenvalue weighted by Crippen LogP contribution is -2.58. The Morgan fingerprint density at radius 2 is 1.97 bits per heavy atom. The molecule has 7 nitrogen and oxygen atoms in total. The third-order valence-electron chi connectivity index (χ3n) is 6.51. The van der Waals surface area contributed by atoms with Gasteiger partial charge in [0, 0.05) is 26.2 Å². The zero-order chi connectivity index (χ0) is 22.2. The van der Waals surface area contributed by atoms with Crippen LogP contribution >= 0.6 is 11.3 Å². The molecule has 1 aromatic heterocycles. The monoisotopic (exact) mass is 467 g/mol. The van der Waals surface area contributed by atoms with Crippen LogP contribution in [0.25, 0.3) is 0 Å². The molecule has 3 fully saturated rings. The highest BCUT2D eigenvalue weighted by Gasteiger charge is 2.54. The van der Waals surface area contributed by atoms with Crippen molar-refractivity contribution in [2.45, 2.75) is 51.1 Å². The number of anilines is 1. The van der Waals surface area contributed by atoms with E-state index in [1.165, 1.54) is 6.20 Å². The molecule has 0 bridgehead atoms. The minimum atomic E-state index is -2.88. The summed E-state index contributed by atoms with van der Waals surface area (Å²) in [5.41, 5.74) is 0.137. The van der Waals surface area contributed by atoms with E-state index in [-0.39, 0.29) is 29.0 Å². The second kappa shape index (κ2) is 9.16. The van der Waals surface area contributed by atoms with Crippen molar-refractivity contribution in [3.8, 4) is 0 Å². The summed E-state index contributed by atoms with van der Waals surface area (Å²) in [7, 11) is 0. The van der Waals surface area contributed by atoms with E-state index >= 15 is 0 Å². The smallest absolute Gasteiger partial charge is 0.347 e. The van der Waals surface area contributed by atoms with Crippen molar-refractivity contribution < 1.29 is 36.9 Å². The summed E-state index contributed by atoms with van der Waals surface area (Å²) in [6, 6.07) is -0.364. The first kappa shape index (κ1) is 22.7. The number of rotatable bonds is 9. The molecule has 12 heteroatoms. The topological polar surface area (TPSA) is 75.1 Å². The molecule has 1 atom stereocenters. The van der Waals surface area contributed by atoms with Crippen LogP contribution in [-0.4, -0.2) is 79.1 Å². The molecule has 0 aromatic carbocycles. The molecule has 2 saturated carbocycles. The second-order valence-electron chi connectivity index (χ2n) is 8.71. The van der Waals surface area contributed by atoms with Gasteiger partial charge in [-0.1, -0.05) is 11.3 Å². The largest absolute Gasteiger partial charge is 0.477 e. The molecular weight excluding hydrogens is 442 g/mol. The van der Waals surface area contributed by atoms with Gasteiger partial charge in [-0.05, 0) is 37.0 Å². The number of thiazole rings is 1. The van der Waals surface area contributed by atoms with Gasteiger partial charge >= 0.3 is 19.2 Å². The van der Waals surface area contributed by atoms with Gasteiger partial charge in [0.05, 0.1) is 24.9 Å². The second-order valence-corrected chi connectivity index (χ2v) is 9.72. The molecule has 174 valence electrons. The number of ether oxygens (including phenoxy) is 2. The number of nitrogens with zero attached hydrogens (tertiary/aromatic N) is 3. The average Bonchev–Trinajstić information content (AvgIpc) is 3.13. The van der Waals surface area contributed by atoms with Crippen LogP contribution in [0.4, 0.5) is 22.7 Å². The molecule has 0 radical (unpaired) electrons. The van der Waals surface area contributed by atoms with E-state index in [9.17, 15) is 22.4 Å². The first-order valence-electron chi connectivity index (χ1n) is 10.2. The summed E-state index contributed by atoms with van der Waals surface area (Å²) in [6.07, 6.45) is 4.25. The molecule has 31 heavy (non-hydrogen) atoms. The number of alkyl halides is 4. The Balaban J connectivity index is 1.29. The third-order valence-corrected chi connectivity index (χ3v) is 7.53. The molecule has 1 saturated heterocycles. The Hall–Kier alpha value is -1.50. The van der Waals surface area contributed by atoms with Crippen LogP contribution < -0.4 is 4.90 Å². The Labute approximate surface area is 180 Å². The fourth-order valence-corrected chi connectivity index (χ4v) is 6.15. The van der Waals surface area contributed by atoms with Gasteiger partial charge in [-0.3, -0.25) is 4.90 Å². The molecule has 2 aliphatic carbocycles. The maximum absolute atomic E-state index is 12.6. The predicted molar refractivity (Wildman–Crippen MR) is 104 cm³/mol. The van der Waals surface area contributed by atoms with Crippen molar-refractivity contribution >= 4 is 22.4 Å². The maximum Gasteiger partial charge on any atom is 0.347 e. The van der Waals surface area contributed by atoms with Gasteiger partial charge in [-0.2, -0.15) is 17.6 Å². The highest BCUT2D eigenvalue weighted by Crippen LogP contribution is 2.59. The summed E-state index contributed by atoms with van der Waals surface area (Å²) in [6.45, 7) is -3.21. The van der Waals surface area contributed by atoms with Crippen LogP contribution in [0.1, 0.15) is 35.4 Å². The minimum absolute atomic E-state index is 0.0975. The quantitative estimate of drug-likeness (QED) is 0.558. The van der Waals surface area contributed by atoms with Crippen LogP contribution in [0.5, 0.6) is 0 Å². The summed E-state index contributed by atoms with van der Waals surface area (Å²) >= 11 is 1.02. The fourth-order valence-electron chi connectivity index (χ4n) is 5.30. The Morgan fingerprint density at radius 1 is 1.23 bits per heavy atom. The summed E-state index contributed by atoms with van der Waals surface area (Å²) in [4.78, 5) is 19.4. The Morgan fingerprint density at radius 3 is 2.58 bits per heavy atom. The maximum atomic E-state index is 12.6. The van der Waals surface area contributed by atoms with Crippen molar-refractivity contribution in [1.29, 1.82) is 0 Å². The molecule has 0 amide bonds. The first-order chi connectivity index (χ1) is 14.7. The van der Waals surface area contributed by atoms with Gasteiger partial charge in [0.2, 0.25) is 0 Å². The molecule has 3 aliphatic rings. The van der Waals surface area contributed by atoms with E-state index in [1.807, 2.05) is 4.90 Å². The molecule has 2 heterocycles. The summed E-state index contributed by atoms with van der Waals surface area (Å²) in [5, 5.41) is 9.60. The molecule has 0 unspecified atom stereocenters. The first-order valence-corrected chi connectivity index (χ1v) is 11.1. The van der Waals surface area contributed by atoms with Gasteiger partial charge in [-0.25, -0.2) is 9.78 Å². The normalized spacial score (nSPS) is 31.3. The van der Waals surface area contributed by atoms with E-state index < -0.39 is 19.2 Å². The molecule has 1 aromatic rings. The number of carboxylic acid groups (broad SMARTS) is 1. The number of halogens is 4. The number of carbonyl (C=O) groups is 1. The predicted octanol–water partition coefficient (Wildman–Crippen LogP) is 3.37. The van der Waals surface area contributed by atoms with E-state index in [0.29, 0.717) is 43.5 Å². The lowest BCUT2D eigenvalue weighted by Gasteiger charge is -2.58. The number of hydrogen-bond donors (Lipinski definition) is 1. The van der Waals surface area contributed by atoms with Gasteiger partial charge in [0.25, 0.3) is 0 Å². The van der Waals surface area contributed by atoms with Gasteiger partial charge < -0.3 is 19.5 Å². The molecular formula is C19H25F4N3O4S. The zero-order valence-corrected chi connectivity index (χ0v) is 17.6. The van der Waals surface area contributed by atoms with E-state index in [0.717, 1.165) is 30.7 Å². The Kier molecular flexibility index (Phi) is 6.71. The van der Waals surface area contributed by atoms with Crippen molar-refractivity contribution in [2.24, 2.45) is 11.3 Å². The molecule has 1 spiro atoms. The average molecular weight is 467 g/mol. The van der Waals surface area contributed by atoms with Crippen molar-refractivity contribution in [2.75, 3.05) is 37.7 Å². The lowest BCUT2D eigenvalue weighted by atomic mass is 9.50. The third kappa shape index (κ3) is 5.29. The summed E-state index contributed by atoms with van der Waals surface area (Å²) in [5.74, 6) is -0.618. The van der Waals surface area contributed by atoms with E-state index in [4.69, 9.17) is 5.11 Å². The number of hydrogen-bond acceptors (Lipinski definition) is 7. The van der Waals surface area contributed by atoms with Crippen LogP contribution in [-0.2, 0) is 9.47 Å². The highest BCUT2D eigenvalue weighted by atomic mass is 32.1. The van der Waals surface area contributed by atoms with Crippen molar-refractivity contribution in [3.63, 3.8) is 0 Å². The van der Waals surface area contributed by atoms with Gasteiger partial charge in [0.1, 0.15) is 4.88 Å². The molecule has 4 rings (SSSR count). The van der Waals surface area contributed by atoms with Gasteiger partial charge in [0.15, 0.2) is 5.13 Å². The molecule has 1 N–H and O–H groups in total. The van der Waals surface area contributed by atoms with Gasteiger partial charge in [-0.15, -0.1) is 0 Å². The van der Waals surface area contributed by atoms with E-state index in [1.54, 1.807) is 0 Å².